The fraction of sp³-hybridized carbons (Fsp3) is 0.952. The van der Waals surface area contributed by atoms with Gasteiger partial charge in [-0.3, -0.25) is 4.79 Å². The predicted molar refractivity (Wildman–Crippen MR) is 112 cm³/mol. The number of carbonyl (C=O) groups is 1. The van der Waals surface area contributed by atoms with Crippen molar-refractivity contribution in [1.82, 2.24) is 0 Å². The van der Waals surface area contributed by atoms with E-state index in [2.05, 4.69) is 20.8 Å². The third-order valence-electron chi connectivity index (χ3n) is 5.92. The molecule has 0 N–H and O–H groups in total. The van der Waals surface area contributed by atoms with E-state index in [0.717, 1.165) is 69.2 Å². The van der Waals surface area contributed by atoms with E-state index in [-0.39, 0.29) is 18.2 Å². The highest BCUT2D eigenvalue weighted by molar-refractivity contribution is 6.55. The summed E-state index contributed by atoms with van der Waals surface area (Å²) in [4.78, 5) is 12.2. The Morgan fingerprint density at radius 3 is 2.04 bits per heavy atom. The van der Waals surface area contributed by atoms with E-state index in [1.165, 1.54) is 12.8 Å². The van der Waals surface area contributed by atoms with Gasteiger partial charge >= 0.3 is 9.05 Å². The lowest BCUT2D eigenvalue weighted by Crippen LogP contribution is -2.68. The van der Waals surface area contributed by atoms with E-state index < -0.39 is 9.05 Å². The van der Waals surface area contributed by atoms with Gasteiger partial charge in [0.25, 0.3) is 5.97 Å². The number of quaternary nitrogens is 1. The van der Waals surface area contributed by atoms with Crippen LogP contribution >= 0.6 is 0 Å². The van der Waals surface area contributed by atoms with E-state index in [4.69, 9.17) is 17.7 Å². The Bertz CT molecular complexity index is 456. The monoisotopic (exact) mass is 416 g/mol. The van der Waals surface area contributed by atoms with Crippen LogP contribution in [0, 0.1) is 0 Å². The number of hydrogen-bond donors (Lipinski definition) is 0. The van der Waals surface area contributed by atoms with Gasteiger partial charge in [-0.1, -0.05) is 59.8 Å². The van der Waals surface area contributed by atoms with Crippen LogP contribution in [-0.2, 0) is 22.5 Å². The van der Waals surface area contributed by atoms with Gasteiger partial charge in [-0.25, -0.2) is 0 Å². The average molecular weight is 417 g/mol. The maximum Gasteiger partial charge on any atom is 0.752 e. The first-order valence-electron chi connectivity index (χ1n) is 11.6. The smallest absolute Gasteiger partial charge is 0.452 e. The summed E-state index contributed by atoms with van der Waals surface area (Å²) in [6.45, 7) is 13.0. The van der Waals surface area contributed by atoms with E-state index in [1.54, 1.807) is 6.92 Å². The summed E-state index contributed by atoms with van der Waals surface area (Å²) in [5.74, 6) is -0.289. The fourth-order valence-electron chi connectivity index (χ4n) is 4.31. The SMILES string of the molecule is CCCCC1C[N+]2(CCCC)CCO[Si](OC(=O)CC)(O1)OC(CCCC)C2. The summed E-state index contributed by atoms with van der Waals surface area (Å²) in [5, 5.41) is 0. The molecule has 2 atom stereocenters. The second kappa shape index (κ2) is 11.6. The summed E-state index contributed by atoms with van der Waals surface area (Å²) >= 11 is 0. The van der Waals surface area contributed by atoms with Gasteiger partial charge in [0.15, 0.2) is 0 Å². The Hall–Kier alpha value is -0.473. The number of carbonyl (C=O) groups excluding carboxylic acids is 1. The van der Waals surface area contributed by atoms with Crippen molar-refractivity contribution in [2.24, 2.45) is 0 Å². The Labute approximate surface area is 172 Å². The molecule has 7 heteroatoms. The Morgan fingerprint density at radius 2 is 1.54 bits per heavy atom. The first-order valence-corrected chi connectivity index (χ1v) is 13.2. The summed E-state index contributed by atoms with van der Waals surface area (Å²) in [6, 6.07) is 0. The molecule has 3 aliphatic rings. The normalized spacial score (nSPS) is 33.1. The quantitative estimate of drug-likeness (QED) is 0.373. The summed E-state index contributed by atoms with van der Waals surface area (Å²) in [5.41, 5.74) is 0. The van der Waals surface area contributed by atoms with Crippen LogP contribution in [0.3, 0.4) is 0 Å². The molecule has 3 rings (SSSR count). The molecule has 164 valence electrons. The van der Waals surface area contributed by atoms with Gasteiger partial charge in [0.05, 0.1) is 13.2 Å². The second-order valence-electron chi connectivity index (χ2n) is 8.45. The molecule has 2 unspecified atom stereocenters. The van der Waals surface area contributed by atoms with Crippen molar-refractivity contribution in [1.29, 1.82) is 0 Å². The van der Waals surface area contributed by atoms with E-state index in [9.17, 15) is 4.79 Å². The minimum atomic E-state index is -3.46. The zero-order chi connectivity index (χ0) is 20.5. The molecule has 0 aliphatic carbocycles. The molecule has 3 heterocycles. The molecule has 0 spiro atoms. The van der Waals surface area contributed by atoms with Gasteiger partial charge in [0.2, 0.25) is 0 Å². The van der Waals surface area contributed by atoms with E-state index >= 15 is 0 Å². The molecule has 3 saturated heterocycles. The maximum atomic E-state index is 12.2. The van der Waals surface area contributed by atoms with Crippen molar-refractivity contribution in [3.8, 4) is 0 Å². The van der Waals surface area contributed by atoms with Crippen molar-refractivity contribution >= 4 is 15.0 Å². The lowest BCUT2D eigenvalue weighted by atomic mass is 10.1. The molecule has 3 fully saturated rings. The molecule has 6 nitrogen and oxygen atoms in total. The highest BCUT2D eigenvalue weighted by atomic mass is 28.4. The van der Waals surface area contributed by atoms with Crippen molar-refractivity contribution in [3.05, 3.63) is 0 Å². The van der Waals surface area contributed by atoms with Crippen LogP contribution in [0.1, 0.15) is 85.5 Å². The van der Waals surface area contributed by atoms with Gasteiger partial charge in [0, 0.05) is 6.42 Å². The summed E-state index contributed by atoms with van der Waals surface area (Å²) < 4.78 is 25.9. The molecule has 0 amide bonds. The van der Waals surface area contributed by atoms with Crippen LogP contribution in [0.15, 0.2) is 0 Å². The highest BCUT2D eigenvalue weighted by Crippen LogP contribution is 2.31. The minimum Gasteiger partial charge on any atom is -0.452 e. The van der Waals surface area contributed by atoms with Gasteiger partial charge < -0.3 is 22.2 Å². The van der Waals surface area contributed by atoms with Crippen LogP contribution in [0.4, 0.5) is 0 Å². The zero-order valence-corrected chi connectivity index (χ0v) is 19.5. The molecule has 0 aromatic carbocycles. The van der Waals surface area contributed by atoms with Crippen molar-refractivity contribution in [3.63, 3.8) is 0 Å². The lowest BCUT2D eigenvalue weighted by molar-refractivity contribution is -0.936. The first kappa shape index (κ1) is 23.8. The van der Waals surface area contributed by atoms with Crippen molar-refractivity contribution < 1.29 is 27.0 Å². The summed E-state index contributed by atoms with van der Waals surface area (Å²) in [6.07, 6.45) is 9.14. The molecule has 2 bridgehead atoms. The minimum absolute atomic E-state index is 0.0283. The fourth-order valence-corrected chi connectivity index (χ4v) is 6.62. The Morgan fingerprint density at radius 1 is 0.964 bits per heavy atom. The topological polar surface area (TPSA) is 54.0 Å². The van der Waals surface area contributed by atoms with Crippen molar-refractivity contribution in [2.45, 2.75) is 97.7 Å². The van der Waals surface area contributed by atoms with Crippen molar-refractivity contribution in [2.75, 3.05) is 32.8 Å². The van der Waals surface area contributed by atoms with Gasteiger partial charge in [-0.15, -0.1) is 0 Å². The third-order valence-corrected chi connectivity index (χ3v) is 8.20. The molecule has 3 aliphatic heterocycles. The third kappa shape index (κ3) is 6.80. The Kier molecular flexibility index (Phi) is 9.90. The lowest BCUT2D eigenvalue weighted by Gasteiger charge is -2.49. The van der Waals surface area contributed by atoms with Crippen LogP contribution < -0.4 is 0 Å². The summed E-state index contributed by atoms with van der Waals surface area (Å²) in [7, 11) is -3.46. The van der Waals surface area contributed by atoms with Crippen LogP contribution in [0.5, 0.6) is 0 Å². The maximum absolute atomic E-state index is 12.2. The molecule has 0 saturated carbocycles. The molecule has 0 radical (unpaired) electrons. The van der Waals surface area contributed by atoms with Gasteiger partial charge in [0.1, 0.15) is 31.8 Å². The van der Waals surface area contributed by atoms with E-state index in [0.29, 0.717) is 13.0 Å². The second-order valence-corrected chi connectivity index (χ2v) is 10.4. The first-order chi connectivity index (χ1) is 13.5. The zero-order valence-electron chi connectivity index (χ0n) is 18.5. The highest BCUT2D eigenvalue weighted by Gasteiger charge is 2.58. The molecule has 0 aromatic heterocycles. The number of unbranched alkanes of at least 4 members (excludes halogenated alkanes) is 3. The largest absolute Gasteiger partial charge is 0.752 e. The number of fused-ring (bicyclic) bond motifs is 6. The predicted octanol–water partition coefficient (Wildman–Crippen LogP) is 4.19. The van der Waals surface area contributed by atoms with E-state index in [1.807, 2.05) is 0 Å². The number of rotatable bonds is 11. The van der Waals surface area contributed by atoms with Gasteiger partial charge in [-0.2, -0.15) is 0 Å². The number of hydrogen-bond acceptors (Lipinski definition) is 5. The molecule has 28 heavy (non-hydrogen) atoms. The molecular weight excluding hydrogens is 374 g/mol. The molecular formula is C21H42NO5Si+. The Balaban J connectivity index is 2.31. The molecule has 0 aromatic rings. The number of nitrogens with zero attached hydrogens (tertiary/aromatic N) is 1. The van der Waals surface area contributed by atoms with Gasteiger partial charge in [-0.05, 0) is 19.3 Å². The van der Waals surface area contributed by atoms with Crippen LogP contribution in [-0.4, -0.2) is 64.5 Å². The standard InChI is InChI=1S/C21H42NO5Si/c1-5-9-12-19-17-22(14-11-7-3)15-16-24-28(25-19,27-21(23)8-4)26-20(18-22)13-10-6-2/h19-20H,5-18H2,1-4H3/q+1. The van der Waals surface area contributed by atoms with Crippen LogP contribution in [0.25, 0.3) is 0 Å². The van der Waals surface area contributed by atoms with Crippen LogP contribution in [0.2, 0.25) is 0 Å². The average Bonchev–Trinajstić information content (AvgIpc) is 2.65.